The molecule has 0 amide bonds. The first-order valence-corrected chi connectivity index (χ1v) is 18.3. The van der Waals surface area contributed by atoms with Crippen LogP contribution >= 0.6 is 0 Å². The van der Waals surface area contributed by atoms with Gasteiger partial charge in [-0.1, -0.05) is 54.6 Å². The van der Waals surface area contributed by atoms with Gasteiger partial charge in [-0.2, -0.15) is 0 Å². The molecule has 5 nitrogen and oxygen atoms in total. The summed E-state index contributed by atoms with van der Waals surface area (Å²) in [5.41, 5.74) is 12.8. The van der Waals surface area contributed by atoms with Gasteiger partial charge in [0.1, 0.15) is 21.2 Å². The fraction of sp³-hybridized carbons (Fsp3) is 0.0909. The van der Waals surface area contributed by atoms with E-state index in [9.17, 15) is 4.21 Å². The van der Waals surface area contributed by atoms with E-state index in [1.807, 2.05) is 48.5 Å². The van der Waals surface area contributed by atoms with E-state index in [1.165, 1.54) is 33.0 Å². The van der Waals surface area contributed by atoms with Crippen molar-refractivity contribution in [3.8, 4) is 39.4 Å². The lowest BCUT2D eigenvalue weighted by Gasteiger charge is -2.22. The zero-order valence-electron chi connectivity index (χ0n) is 27.6. The van der Waals surface area contributed by atoms with Crippen molar-refractivity contribution in [2.45, 2.75) is 22.6 Å². The van der Waals surface area contributed by atoms with Gasteiger partial charge in [-0.05, 0) is 130 Å². The normalized spacial score (nSPS) is 15.9. The number of hydrogen-bond donors (Lipinski definition) is 1. The van der Waals surface area contributed by atoms with Gasteiger partial charge in [0.2, 0.25) is 0 Å². The van der Waals surface area contributed by atoms with Crippen LogP contribution in [0.1, 0.15) is 22.3 Å². The molecule has 0 bridgehead atoms. The average molecular weight is 669 g/mol. The summed E-state index contributed by atoms with van der Waals surface area (Å²) >= 11 is 0. The molecule has 0 fully saturated rings. The van der Waals surface area contributed by atoms with Gasteiger partial charge in [-0.25, -0.2) is 8.99 Å². The highest BCUT2D eigenvalue weighted by atomic mass is 32.2. The van der Waals surface area contributed by atoms with E-state index in [2.05, 4.69) is 83.4 Å². The molecule has 0 saturated heterocycles. The molecule has 1 unspecified atom stereocenters. The maximum absolute atomic E-state index is 13.4. The molecule has 2 aliphatic rings. The van der Waals surface area contributed by atoms with E-state index in [0.717, 1.165) is 74.1 Å². The highest BCUT2D eigenvalue weighted by Crippen LogP contribution is 2.45. The van der Waals surface area contributed by atoms with Crippen LogP contribution in [0.5, 0.6) is 11.5 Å². The van der Waals surface area contributed by atoms with Crippen LogP contribution in [0.15, 0.2) is 137 Å². The summed E-state index contributed by atoms with van der Waals surface area (Å²) in [6.45, 7) is 0. The summed E-state index contributed by atoms with van der Waals surface area (Å²) in [5.74, 6) is 1.67. The van der Waals surface area contributed by atoms with Gasteiger partial charge in [0, 0.05) is 27.6 Å². The Kier molecular flexibility index (Phi) is 6.15. The first kappa shape index (κ1) is 29.1. The second kappa shape index (κ2) is 10.6. The maximum atomic E-state index is 13.4. The fourth-order valence-corrected chi connectivity index (χ4v) is 9.88. The molecular formula is C44H32N2O3S. The number of fused-ring (bicyclic) bond motifs is 9. The second-order valence-corrected chi connectivity index (χ2v) is 15.3. The van der Waals surface area contributed by atoms with Crippen LogP contribution in [0.2, 0.25) is 0 Å². The quantitative estimate of drug-likeness (QED) is 0.203. The number of rotatable bonds is 4. The van der Waals surface area contributed by atoms with Crippen LogP contribution in [-0.4, -0.2) is 23.0 Å². The number of nitrogens with zero attached hydrogens (tertiary/aromatic N) is 1. The summed E-state index contributed by atoms with van der Waals surface area (Å²) in [5, 5.41) is 4.70. The molecule has 1 aliphatic heterocycles. The summed E-state index contributed by atoms with van der Waals surface area (Å²) in [6.07, 6.45) is 1.77. The van der Waals surface area contributed by atoms with Gasteiger partial charge in [-0.15, -0.1) is 0 Å². The van der Waals surface area contributed by atoms with Crippen LogP contribution in [0.4, 0.5) is 0 Å². The molecule has 2 heterocycles. The summed E-state index contributed by atoms with van der Waals surface area (Å²) in [7, 11) is 0.428. The van der Waals surface area contributed by atoms with Gasteiger partial charge in [0.25, 0.3) is 0 Å². The molecule has 1 N–H and O–H groups in total. The largest absolute Gasteiger partial charge is 0.497 e. The maximum Gasteiger partial charge on any atom is 0.119 e. The van der Waals surface area contributed by atoms with Crippen molar-refractivity contribution >= 4 is 42.3 Å². The molecule has 50 heavy (non-hydrogen) atoms. The Bertz CT molecular complexity index is 2810. The predicted octanol–water partition coefficient (Wildman–Crippen LogP) is 10.6. The lowest BCUT2D eigenvalue weighted by atomic mass is 9.84. The van der Waals surface area contributed by atoms with Crippen molar-refractivity contribution < 1.29 is 13.7 Å². The molecule has 7 aromatic carbocycles. The molecule has 1 aliphatic carbocycles. The Balaban J connectivity index is 1.02. The Morgan fingerprint density at radius 1 is 0.560 bits per heavy atom. The van der Waals surface area contributed by atoms with E-state index in [1.54, 1.807) is 14.2 Å². The number of ether oxygens (including phenoxy) is 2. The molecule has 242 valence electrons. The van der Waals surface area contributed by atoms with E-state index >= 15 is 0 Å². The molecule has 10 rings (SSSR count). The third-order valence-corrected chi connectivity index (χ3v) is 12.6. The van der Waals surface area contributed by atoms with Crippen LogP contribution in [0, 0.1) is 4.78 Å². The smallest absolute Gasteiger partial charge is 0.119 e. The first-order chi connectivity index (χ1) is 24.4. The predicted molar refractivity (Wildman–Crippen MR) is 202 cm³/mol. The van der Waals surface area contributed by atoms with Crippen LogP contribution < -0.4 is 9.47 Å². The SMILES string of the molecule is COc1ccc2c(c1)c1cc(OC)ccc1n2-c1ccc2c(c1)Cc1cc3ccc(-c4ccc5c(c4)-c4ccccc4S5(=N)=O)cc3cc1C2. The molecule has 8 aromatic rings. The van der Waals surface area contributed by atoms with E-state index < -0.39 is 9.73 Å². The third-order valence-electron chi connectivity index (χ3n) is 10.7. The van der Waals surface area contributed by atoms with E-state index in [4.69, 9.17) is 14.3 Å². The summed E-state index contributed by atoms with van der Waals surface area (Å²) in [4.78, 5) is 1.22. The molecule has 0 saturated carbocycles. The zero-order chi connectivity index (χ0) is 33.7. The Labute approximate surface area is 290 Å². The summed E-state index contributed by atoms with van der Waals surface area (Å²) < 4.78 is 35.5. The Morgan fingerprint density at radius 3 is 1.92 bits per heavy atom. The minimum Gasteiger partial charge on any atom is -0.497 e. The molecule has 1 aromatic heterocycles. The molecular weight excluding hydrogens is 637 g/mol. The van der Waals surface area contributed by atoms with Crippen molar-refractivity contribution in [2.24, 2.45) is 0 Å². The molecule has 1 atom stereocenters. The zero-order valence-corrected chi connectivity index (χ0v) is 28.4. The second-order valence-electron chi connectivity index (χ2n) is 13.4. The standard InChI is InChI=1S/C44H32N2O3S/c1-48-35-12-14-41-38(24-35)39-25-36(49-2)13-15-42(39)46(41)34-11-9-28-19-31-20-30-17-26(7-8-27(30)18-32(31)21-33(28)22-34)29-10-16-44-40(23-29)37-5-3-4-6-43(37)50(44,45)47/h3-18,20,22-25,45H,19,21H2,1-2H3. The number of nitrogens with one attached hydrogen (secondary N) is 1. The fourth-order valence-electron chi connectivity index (χ4n) is 8.14. The number of benzene rings is 7. The minimum absolute atomic E-state index is 0.609. The van der Waals surface area contributed by atoms with Gasteiger partial charge in [-0.3, -0.25) is 0 Å². The van der Waals surface area contributed by atoms with Crippen molar-refractivity contribution in [3.05, 3.63) is 150 Å². The molecule has 0 radical (unpaired) electrons. The van der Waals surface area contributed by atoms with Crippen molar-refractivity contribution in [1.29, 1.82) is 4.78 Å². The average Bonchev–Trinajstić information content (AvgIpc) is 3.59. The van der Waals surface area contributed by atoms with Crippen molar-refractivity contribution in [1.82, 2.24) is 4.57 Å². The highest BCUT2D eigenvalue weighted by molar-refractivity contribution is 7.93. The van der Waals surface area contributed by atoms with Gasteiger partial charge in [0.05, 0.1) is 35.0 Å². The van der Waals surface area contributed by atoms with Crippen molar-refractivity contribution in [3.63, 3.8) is 0 Å². The van der Waals surface area contributed by atoms with E-state index in [-0.39, 0.29) is 0 Å². The lowest BCUT2D eigenvalue weighted by Crippen LogP contribution is -2.08. The third kappa shape index (κ3) is 4.21. The van der Waals surface area contributed by atoms with Gasteiger partial charge >= 0.3 is 0 Å². The van der Waals surface area contributed by atoms with Crippen LogP contribution in [0.25, 0.3) is 60.5 Å². The highest BCUT2D eigenvalue weighted by Gasteiger charge is 2.29. The minimum atomic E-state index is -2.98. The van der Waals surface area contributed by atoms with Crippen LogP contribution in [-0.2, 0) is 22.6 Å². The van der Waals surface area contributed by atoms with Crippen molar-refractivity contribution in [2.75, 3.05) is 14.2 Å². The Hall–Kier alpha value is -5.85. The van der Waals surface area contributed by atoms with Gasteiger partial charge < -0.3 is 14.0 Å². The number of aromatic nitrogens is 1. The Morgan fingerprint density at radius 2 is 1.18 bits per heavy atom. The van der Waals surface area contributed by atoms with E-state index in [0.29, 0.717) is 9.79 Å². The monoisotopic (exact) mass is 668 g/mol. The molecule has 6 heteroatoms. The molecule has 0 spiro atoms. The van der Waals surface area contributed by atoms with Crippen LogP contribution in [0.3, 0.4) is 0 Å². The first-order valence-electron chi connectivity index (χ1n) is 16.8. The topological polar surface area (TPSA) is 64.3 Å². The lowest BCUT2D eigenvalue weighted by molar-refractivity contribution is 0.415. The summed E-state index contributed by atoms with van der Waals surface area (Å²) in [6, 6.07) is 44.5. The van der Waals surface area contributed by atoms with Gasteiger partial charge in [0.15, 0.2) is 0 Å². The number of hydrogen-bond acceptors (Lipinski definition) is 4. The number of methoxy groups -OCH3 is 2.